The van der Waals surface area contributed by atoms with Gasteiger partial charge in [-0.3, -0.25) is 14.2 Å². The van der Waals surface area contributed by atoms with E-state index in [2.05, 4.69) is 12.2 Å². The van der Waals surface area contributed by atoms with Crippen molar-refractivity contribution in [3.63, 3.8) is 0 Å². The Labute approximate surface area is 182 Å². The molecule has 3 aromatic rings. The summed E-state index contributed by atoms with van der Waals surface area (Å²) in [5, 5.41) is 4.40. The predicted octanol–water partition coefficient (Wildman–Crippen LogP) is 5.15. The van der Waals surface area contributed by atoms with Gasteiger partial charge in [-0.15, -0.1) is 0 Å². The Morgan fingerprint density at radius 2 is 1.83 bits per heavy atom. The number of methoxy groups -OCH3 is 1. The standard InChI is InChI=1S/C24H27ClN2O3/c1-4-5-6-13-26-23(28)15-20-16(2)27(22-12-11-19(30-3)14-21(20)22)24(29)17-7-9-18(25)10-8-17/h7-12,14H,4-6,13,15H2,1-3H3,(H,26,28)/i3-1. The number of fused-ring (bicyclic) bond motifs is 1. The maximum atomic E-state index is 13.3. The van der Waals surface area contributed by atoms with Gasteiger partial charge in [-0.05, 0) is 61.4 Å². The molecule has 0 fully saturated rings. The molecule has 30 heavy (non-hydrogen) atoms. The number of unbranched alkanes of at least 4 members (excludes halogenated alkanes) is 2. The highest BCUT2D eigenvalue weighted by Crippen LogP contribution is 2.30. The zero-order valence-electron chi connectivity index (χ0n) is 17.6. The molecule has 0 saturated carbocycles. The third-order valence-corrected chi connectivity index (χ3v) is 5.53. The van der Waals surface area contributed by atoms with E-state index in [-0.39, 0.29) is 18.2 Å². The van der Waals surface area contributed by atoms with Crippen LogP contribution in [-0.4, -0.2) is 30.0 Å². The lowest BCUT2D eigenvalue weighted by atomic mass is 10.1. The second kappa shape index (κ2) is 9.81. The number of amides is 1. The topological polar surface area (TPSA) is 60.3 Å². The molecule has 1 aromatic heterocycles. The lowest BCUT2D eigenvalue weighted by Crippen LogP contribution is -2.26. The maximum Gasteiger partial charge on any atom is 0.262 e. The average Bonchev–Trinajstić information content (AvgIpc) is 3.02. The fourth-order valence-electron chi connectivity index (χ4n) is 3.62. The number of benzene rings is 2. The first kappa shape index (κ1) is 21.9. The van der Waals surface area contributed by atoms with Crippen molar-refractivity contribution in [3.05, 3.63) is 64.3 Å². The number of carbonyl (C=O) groups excluding carboxylic acids is 2. The molecular formula is C24H27ClN2O3. The number of aromatic nitrogens is 1. The van der Waals surface area contributed by atoms with E-state index < -0.39 is 0 Å². The van der Waals surface area contributed by atoms with Crippen molar-refractivity contribution >= 4 is 34.3 Å². The van der Waals surface area contributed by atoms with Crippen molar-refractivity contribution in [3.8, 4) is 5.75 Å². The average molecular weight is 426 g/mol. The summed E-state index contributed by atoms with van der Waals surface area (Å²) in [6.07, 6.45) is 3.37. The van der Waals surface area contributed by atoms with Gasteiger partial charge in [-0.1, -0.05) is 31.4 Å². The second-order valence-electron chi connectivity index (χ2n) is 7.33. The van der Waals surface area contributed by atoms with E-state index in [9.17, 15) is 9.59 Å². The summed E-state index contributed by atoms with van der Waals surface area (Å²) in [6, 6.07) is 12.4. The number of halogens is 1. The largest absolute Gasteiger partial charge is 0.497 e. The first-order valence-electron chi connectivity index (χ1n) is 10.2. The molecule has 2 aromatic carbocycles. The molecular weight excluding hydrogens is 399 g/mol. The molecule has 0 bridgehead atoms. The number of rotatable bonds is 8. The van der Waals surface area contributed by atoms with Crippen molar-refractivity contribution < 1.29 is 14.3 Å². The summed E-state index contributed by atoms with van der Waals surface area (Å²) in [6.45, 7) is 4.67. The van der Waals surface area contributed by atoms with Gasteiger partial charge in [0.2, 0.25) is 5.91 Å². The van der Waals surface area contributed by atoms with Gasteiger partial charge in [0.05, 0.1) is 19.0 Å². The number of hydrogen-bond acceptors (Lipinski definition) is 3. The van der Waals surface area contributed by atoms with Gasteiger partial charge < -0.3 is 10.1 Å². The number of ether oxygens (including phenoxy) is 1. The lowest BCUT2D eigenvalue weighted by Gasteiger charge is -2.08. The van der Waals surface area contributed by atoms with Crippen molar-refractivity contribution in [1.82, 2.24) is 9.88 Å². The summed E-state index contributed by atoms with van der Waals surface area (Å²) < 4.78 is 7.04. The summed E-state index contributed by atoms with van der Waals surface area (Å²) >= 11 is 5.97. The molecule has 6 heteroatoms. The smallest absolute Gasteiger partial charge is 0.262 e. The van der Waals surface area contributed by atoms with E-state index in [1.807, 2.05) is 25.1 Å². The van der Waals surface area contributed by atoms with Crippen molar-refractivity contribution in [2.24, 2.45) is 0 Å². The molecule has 3 rings (SSSR count). The molecule has 158 valence electrons. The van der Waals surface area contributed by atoms with Crippen LogP contribution in [0, 0.1) is 6.92 Å². The van der Waals surface area contributed by atoms with Crippen LogP contribution in [-0.2, 0) is 11.2 Å². The van der Waals surface area contributed by atoms with E-state index in [0.29, 0.717) is 22.9 Å². The van der Waals surface area contributed by atoms with E-state index in [4.69, 9.17) is 16.3 Å². The maximum absolute atomic E-state index is 13.3. The van der Waals surface area contributed by atoms with Crippen LogP contribution in [0.4, 0.5) is 0 Å². The predicted molar refractivity (Wildman–Crippen MR) is 121 cm³/mol. The molecule has 1 N–H and O–H groups in total. The Bertz CT molecular complexity index is 1050. The Morgan fingerprint density at radius 1 is 1.10 bits per heavy atom. The minimum absolute atomic E-state index is 0.0463. The number of hydrogen-bond donors (Lipinski definition) is 1. The Morgan fingerprint density at radius 3 is 2.50 bits per heavy atom. The minimum atomic E-state index is -0.158. The number of nitrogens with one attached hydrogen (secondary N) is 1. The summed E-state index contributed by atoms with van der Waals surface area (Å²) in [4.78, 5) is 25.8. The first-order chi connectivity index (χ1) is 14.5. The van der Waals surface area contributed by atoms with Crippen LogP contribution in [0.2, 0.25) is 5.02 Å². The number of carbonyl (C=O) groups is 2. The molecule has 5 nitrogen and oxygen atoms in total. The zero-order valence-corrected chi connectivity index (χ0v) is 18.4. The minimum Gasteiger partial charge on any atom is -0.497 e. The van der Waals surface area contributed by atoms with Crippen LogP contribution in [0.25, 0.3) is 10.9 Å². The molecule has 0 radical (unpaired) electrons. The van der Waals surface area contributed by atoms with Crippen LogP contribution in [0.5, 0.6) is 5.75 Å². The zero-order chi connectivity index (χ0) is 21.7. The first-order valence-corrected chi connectivity index (χ1v) is 10.6. The molecule has 1 amide bonds. The lowest BCUT2D eigenvalue weighted by molar-refractivity contribution is -0.120. The third-order valence-electron chi connectivity index (χ3n) is 5.28. The Balaban J connectivity index is 1.99. The highest BCUT2D eigenvalue weighted by atomic mass is 35.5. The summed E-state index contributed by atoms with van der Waals surface area (Å²) in [5.74, 6) is 0.479. The van der Waals surface area contributed by atoms with Gasteiger partial charge in [-0.2, -0.15) is 0 Å². The molecule has 0 aliphatic heterocycles. The van der Waals surface area contributed by atoms with Crippen LogP contribution in [0.3, 0.4) is 0 Å². The molecule has 0 unspecified atom stereocenters. The van der Waals surface area contributed by atoms with Gasteiger partial charge in [0.15, 0.2) is 0 Å². The fraction of sp³-hybridized carbons (Fsp3) is 0.333. The van der Waals surface area contributed by atoms with Gasteiger partial charge in [0.25, 0.3) is 5.91 Å². The van der Waals surface area contributed by atoms with E-state index in [0.717, 1.165) is 41.4 Å². The highest BCUT2D eigenvalue weighted by Gasteiger charge is 2.22. The molecule has 0 saturated heterocycles. The normalized spacial score (nSPS) is 10.9. The molecule has 0 spiro atoms. The Hall–Kier alpha value is -2.79. The number of nitrogens with zero attached hydrogens (tertiary/aromatic N) is 1. The SMILES string of the molecule is CCCCCNC(=O)Cc1c(C)n(C(=O)c2ccc(Cl)cc2)c2ccc(O[11CH3])cc12. The summed E-state index contributed by atoms with van der Waals surface area (Å²) in [5.41, 5.74) is 2.87. The molecule has 0 atom stereocenters. The molecule has 0 aliphatic carbocycles. The van der Waals surface area contributed by atoms with E-state index in [1.54, 1.807) is 35.9 Å². The van der Waals surface area contributed by atoms with E-state index >= 15 is 0 Å². The van der Waals surface area contributed by atoms with Crippen molar-refractivity contribution in [2.75, 3.05) is 13.7 Å². The fourth-order valence-corrected chi connectivity index (χ4v) is 3.75. The van der Waals surface area contributed by atoms with Gasteiger partial charge in [0, 0.05) is 28.2 Å². The Kier molecular flexibility index (Phi) is 7.16. The van der Waals surface area contributed by atoms with Gasteiger partial charge in [-0.25, -0.2) is 0 Å². The quantitative estimate of drug-likeness (QED) is 0.508. The third kappa shape index (κ3) is 4.68. The van der Waals surface area contributed by atoms with Crippen molar-refractivity contribution in [1.29, 1.82) is 0 Å². The van der Waals surface area contributed by atoms with E-state index in [1.165, 1.54) is 0 Å². The van der Waals surface area contributed by atoms with Crippen LogP contribution in [0.1, 0.15) is 47.8 Å². The monoisotopic (exact) mass is 425 g/mol. The van der Waals surface area contributed by atoms with Crippen LogP contribution < -0.4 is 10.1 Å². The van der Waals surface area contributed by atoms with Crippen molar-refractivity contribution in [2.45, 2.75) is 39.5 Å². The highest BCUT2D eigenvalue weighted by molar-refractivity contribution is 6.30. The van der Waals surface area contributed by atoms with Crippen LogP contribution in [0.15, 0.2) is 42.5 Å². The van der Waals surface area contributed by atoms with Gasteiger partial charge in [0.1, 0.15) is 5.75 Å². The second-order valence-corrected chi connectivity index (χ2v) is 7.76. The molecule has 0 aliphatic rings. The van der Waals surface area contributed by atoms with Crippen LogP contribution >= 0.6 is 11.6 Å². The molecule has 1 heterocycles. The summed E-state index contributed by atoms with van der Waals surface area (Å²) in [7, 11) is 1.60. The van der Waals surface area contributed by atoms with Gasteiger partial charge >= 0.3 is 0 Å².